The van der Waals surface area contributed by atoms with Crippen LogP contribution in [0, 0.1) is 16.7 Å². The van der Waals surface area contributed by atoms with E-state index in [4.69, 9.17) is 10.7 Å². The Balaban J connectivity index is 3.61. The average molecular weight is 124 g/mol. The first-order chi connectivity index (χ1) is 4.35. The van der Waals surface area contributed by atoms with E-state index in [1.807, 2.05) is 6.07 Å². The van der Waals surface area contributed by atoms with E-state index in [0.717, 1.165) is 6.21 Å². The molecule has 2 N–H and O–H groups in total. The molecule has 0 aliphatic carbocycles. The molecule has 9 heavy (non-hydrogen) atoms. The zero-order valence-corrected chi connectivity index (χ0v) is 5.18. The van der Waals surface area contributed by atoms with Crippen molar-refractivity contribution in [2.45, 2.75) is 0 Å². The summed E-state index contributed by atoms with van der Waals surface area (Å²) in [7, 11) is 1.56. The molecule has 4 heteroatoms. The maximum Gasteiger partial charge on any atom is 0.139 e. The maximum absolute atomic E-state index is 8.06. The molecule has 0 aromatic carbocycles. The first kappa shape index (κ1) is 7.63. The highest BCUT2D eigenvalue weighted by atomic mass is 15.0. The Morgan fingerprint density at radius 2 is 2.67 bits per heavy atom. The van der Waals surface area contributed by atoms with Crippen LogP contribution in [0.1, 0.15) is 0 Å². The molecular weight excluding hydrogens is 116 g/mol. The van der Waals surface area contributed by atoms with E-state index < -0.39 is 0 Å². The smallest absolute Gasteiger partial charge is 0.139 e. The average Bonchev–Trinajstić information content (AvgIpc) is 1.91. The molecule has 0 aromatic rings. The number of amidine groups is 1. The summed E-state index contributed by atoms with van der Waals surface area (Å²) in [4.78, 5) is 3.66. The molecule has 0 bridgehead atoms. The minimum atomic E-state index is 0.196. The van der Waals surface area contributed by atoms with Crippen molar-refractivity contribution in [3.63, 3.8) is 0 Å². The molecule has 0 heterocycles. The topological polar surface area (TPSA) is 72.0 Å². The molecule has 0 radical (unpaired) electrons. The lowest BCUT2D eigenvalue weighted by Gasteiger charge is -1.95. The molecule has 48 valence electrons. The second-order valence-electron chi connectivity index (χ2n) is 1.26. The number of hydrogen-bond acceptors (Lipinski definition) is 3. The van der Waals surface area contributed by atoms with Gasteiger partial charge in [-0.1, -0.05) is 0 Å². The van der Waals surface area contributed by atoms with Crippen molar-refractivity contribution in [3.05, 3.63) is 0 Å². The van der Waals surface area contributed by atoms with Gasteiger partial charge >= 0.3 is 0 Å². The van der Waals surface area contributed by atoms with Crippen LogP contribution in [0.5, 0.6) is 0 Å². The fourth-order valence-electron chi connectivity index (χ4n) is 0.325. The summed E-state index contributed by atoms with van der Waals surface area (Å²) in [5.41, 5.74) is 0. The molecule has 0 saturated heterocycles. The number of nitrogens with zero attached hydrogens (tertiary/aromatic N) is 2. The molecule has 0 spiro atoms. The third kappa shape index (κ3) is 3.23. The number of nitrogens with one attached hydrogen (secondary N) is 2. The molecule has 0 saturated carbocycles. The van der Waals surface area contributed by atoms with E-state index in [-0.39, 0.29) is 6.54 Å². The van der Waals surface area contributed by atoms with Crippen molar-refractivity contribution < 1.29 is 0 Å². The molecule has 0 unspecified atom stereocenters. The van der Waals surface area contributed by atoms with Crippen LogP contribution in [-0.2, 0) is 0 Å². The van der Waals surface area contributed by atoms with Gasteiger partial charge in [-0.2, -0.15) is 5.26 Å². The van der Waals surface area contributed by atoms with Crippen LogP contribution in [0.2, 0.25) is 0 Å². The molecule has 0 aliphatic heterocycles. The molecule has 0 aliphatic rings. The summed E-state index contributed by atoms with van der Waals surface area (Å²) >= 11 is 0. The number of rotatable bonds is 2. The number of aliphatic imine (C=N–C) groups is 1. The summed E-state index contributed by atoms with van der Waals surface area (Å²) in [6.45, 7) is 0.196. The standard InChI is InChI=1S/C5H8N4/c1-8-5(4-7)9-3-2-6/h4,7H,3H2,1H3,(H,8,9). The molecule has 4 nitrogen and oxygen atoms in total. The Labute approximate surface area is 53.7 Å². The van der Waals surface area contributed by atoms with Gasteiger partial charge in [-0.05, 0) is 0 Å². The molecule has 0 rings (SSSR count). The minimum Gasteiger partial charge on any atom is -0.356 e. The SMILES string of the molecule is CN=C(C=N)NCC#N. The van der Waals surface area contributed by atoms with Crippen LogP contribution in [0.3, 0.4) is 0 Å². The molecule has 0 atom stereocenters. The highest BCUT2D eigenvalue weighted by Gasteiger charge is 1.86. The predicted octanol–water partition coefficient (Wildman–Crippen LogP) is -0.223. The van der Waals surface area contributed by atoms with Gasteiger partial charge in [0.25, 0.3) is 0 Å². The second kappa shape index (κ2) is 4.78. The first-order valence-electron chi connectivity index (χ1n) is 2.43. The zero-order chi connectivity index (χ0) is 7.11. The second-order valence-corrected chi connectivity index (χ2v) is 1.26. The van der Waals surface area contributed by atoms with Gasteiger partial charge in [0.05, 0.1) is 12.3 Å². The third-order valence-electron chi connectivity index (χ3n) is 0.726. The molecular formula is C5H8N4. The van der Waals surface area contributed by atoms with Crippen molar-refractivity contribution in [2.75, 3.05) is 13.6 Å². The van der Waals surface area contributed by atoms with Crippen LogP contribution in [0.15, 0.2) is 4.99 Å². The lowest BCUT2D eigenvalue weighted by Crippen LogP contribution is -2.24. The van der Waals surface area contributed by atoms with E-state index in [2.05, 4.69) is 10.3 Å². The molecule has 0 fully saturated rings. The Bertz CT molecular complexity index is 153. The zero-order valence-electron chi connectivity index (χ0n) is 5.18. The van der Waals surface area contributed by atoms with Gasteiger partial charge in [0.15, 0.2) is 0 Å². The predicted molar refractivity (Wildman–Crippen MR) is 35.8 cm³/mol. The Hall–Kier alpha value is -1.37. The van der Waals surface area contributed by atoms with Gasteiger partial charge in [0, 0.05) is 7.05 Å². The van der Waals surface area contributed by atoms with Crippen LogP contribution < -0.4 is 5.32 Å². The van der Waals surface area contributed by atoms with E-state index in [0.29, 0.717) is 5.84 Å². The van der Waals surface area contributed by atoms with Crippen molar-refractivity contribution in [3.8, 4) is 6.07 Å². The van der Waals surface area contributed by atoms with E-state index in [9.17, 15) is 0 Å². The van der Waals surface area contributed by atoms with Crippen LogP contribution >= 0.6 is 0 Å². The lowest BCUT2D eigenvalue weighted by atomic mass is 10.6. The third-order valence-corrected chi connectivity index (χ3v) is 0.726. The monoisotopic (exact) mass is 124 g/mol. The van der Waals surface area contributed by atoms with Crippen molar-refractivity contribution in [2.24, 2.45) is 4.99 Å². The summed E-state index contributed by atoms with van der Waals surface area (Å²) in [5.74, 6) is 0.427. The van der Waals surface area contributed by atoms with Gasteiger partial charge < -0.3 is 10.7 Å². The highest BCUT2D eigenvalue weighted by molar-refractivity contribution is 6.28. The highest BCUT2D eigenvalue weighted by Crippen LogP contribution is 1.62. The fraction of sp³-hybridized carbons (Fsp3) is 0.400. The van der Waals surface area contributed by atoms with E-state index in [1.54, 1.807) is 7.05 Å². The van der Waals surface area contributed by atoms with Gasteiger partial charge in [-0.25, -0.2) is 0 Å². The summed E-state index contributed by atoms with van der Waals surface area (Å²) < 4.78 is 0. The van der Waals surface area contributed by atoms with Crippen molar-refractivity contribution >= 4 is 12.1 Å². The van der Waals surface area contributed by atoms with E-state index >= 15 is 0 Å². The summed E-state index contributed by atoms with van der Waals surface area (Å²) in [6.07, 6.45) is 1.07. The maximum atomic E-state index is 8.06. The fourth-order valence-corrected chi connectivity index (χ4v) is 0.325. The van der Waals surface area contributed by atoms with Gasteiger partial charge in [0.1, 0.15) is 12.4 Å². The first-order valence-corrected chi connectivity index (χ1v) is 2.43. The normalized spacial score (nSPS) is 10.0. The Kier molecular flexibility index (Phi) is 4.05. The number of hydrogen-bond donors (Lipinski definition) is 2. The van der Waals surface area contributed by atoms with Gasteiger partial charge in [-0.3, -0.25) is 4.99 Å². The van der Waals surface area contributed by atoms with Gasteiger partial charge in [0.2, 0.25) is 0 Å². The quantitative estimate of drug-likeness (QED) is 0.303. The summed E-state index contributed by atoms with van der Waals surface area (Å²) in [5, 5.41) is 17.4. The Morgan fingerprint density at radius 1 is 2.00 bits per heavy atom. The van der Waals surface area contributed by atoms with E-state index in [1.165, 1.54) is 0 Å². The lowest BCUT2D eigenvalue weighted by molar-refractivity contribution is 1.05. The molecule has 0 amide bonds. The van der Waals surface area contributed by atoms with Crippen LogP contribution in [0.25, 0.3) is 0 Å². The summed E-state index contributed by atoms with van der Waals surface area (Å²) in [6, 6.07) is 1.87. The molecule has 0 aromatic heterocycles. The van der Waals surface area contributed by atoms with Crippen molar-refractivity contribution in [1.82, 2.24) is 5.32 Å². The van der Waals surface area contributed by atoms with Crippen molar-refractivity contribution in [1.29, 1.82) is 10.7 Å². The van der Waals surface area contributed by atoms with Crippen LogP contribution in [0.4, 0.5) is 0 Å². The Morgan fingerprint density at radius 3 is 3.00 bits per heavy atom. The minimum absolute atomic E-state index is 0.196. The largest absolute Gasteiger partial charge is 0.356 e. The number of nitriles is 1. The van der Waals surface area contributed by atoms with Crippen LogP contribution in [-0.4, -0.2) is 25.6 Å². The van der Waals surface area contributed by atoms with Gasteiger partial charge in [-0.15, -0.1) is 0 Å².